The first-order valence-corrected chi connectivity index (χ1v) is 7.90. The van der Waals surface area contributed by atoms with Gasteiger partial charge in [0.15, 0.2) is 0 Å². The van der Waals surface area contributed by atoms with E-state index < -0.39 is 0 Å². The van der Waals surface area contributed by atoms with E-state index in [2.05, 4.69) is 25.7 Å². The summed E-state index contributed by atoms with van der Waals surface area (Å²) in [7, 11) is 0. The quantitative estimate of drug-likeness (QED) is 0.853. The van der Waals surface area contributed by atoms with E-state index in [9.17, 15) is 9.90 Å². The molecule has 3 nitrogen and oxygen atoms in total. The summed E-state index contributed by atoms with van der Waals surface area (Å²) in [6, 6.07) is 0. The van der Waals surface area contributed by atoms with Crippen molar-refractivity contribution in [3.63, 3.8) is 0 Å². The van der Waals surface area contributed by atoms with Gasteiger partial charge in [0.05, 0.1) is 6.10 Å². The molecular formula is C16H29NO2. The van der Waals surface area contributed by atoms with E-state index in [4.69, 9.17) is 0 Å². The fourth-order valence-electron chi connectivity index (χ4n) is 3.63. The first kappa shape index (κ1) is 15.0. The zero-order chi connectivity index (χ0) is 14.0. The highest BCUT2D eigenvalue weighted by Crippen LogP contribution is 2.32. The summed E-state index contributed by atoms with van der Waals surface area (Å²) < 4.78 is 0. The lowest BCUT2D eigenvalue weighted by Crippen LogP contribution is -2.46. The van der Waals surface area contributed by atoms with Crippen molar-refractivity contribution in [2.75, 3.05) is 19.6 Å². The van der Waals surface area contributed by atoms with Gasteiger partial charge < -0.3 is 10.0 Å². The van der Waals surface area contributed by atoms with E-state index in [1.54, 1.807) is 0 Å². The van der Waals surface area contributed by atoms with Crippen molar-refractivity contribution in [2.45, 2.75) is 52.6 Å². The van der Waals surface area contributed by atoms with Gasteiger partial charge in [-0.2, -0.15) is 0 Å². The Labute approximate surface area is 117 Å². The molecule has 0 bridgehead atoms. The van der Waals surface area contributed by atoms with Gasteiger partial charge in [-0.15, -0.1) is 0 Å². The van der Waals surface area contributed by atoms with Crippen LogP contribution in [0.25, 0.3) is 0 Å². The van der Waals surface area contributed by atoms with Crippen molar-refractivity contribution in [1.29, 1.82) is 0 Å². The average molecular weight is 267 g/mol. The number of likely N-dealkylation sites (tertiary alicyclic amines) is 1. The monoisotopic (exact) mass is 267 g/mol. The lowest BCUT2D eigenvalue weighted by atomic mass is 9.75. The molecule has 4 unspecified atom stereocenters. The Bertz CT molecular complexity index is 316. The molecule has 110 valence electrons. The normalized spacial score (nSPS) is 37.8. The van der Waals surface area contributed by atoms with Crippen molar-refractivity contribution >= 4 is 5.78 Å². The van der Waals surface area contributed by atoms with Crippen LogP contribution in [0, 0.1) is 23.7 Å². The molecule has 0 radical (unpaired) electrons. The molecule has 2 aliphatic rings. The molecule has 0 spiro atoms. The summed E-state index contributed by atoms with van der Waals surface area (Å²) in [4.78, 5) is 14.5. The first-order chi connectivity index (χ1) is 8.97. The van der Waals surface area contributed by atoms with Crippen LogP contribution >= 0.6 is 0 Å². The van der Waals surface area contributed by atoms with Crippen LogP contribution in [0.15, 0.2) is 0 Å². The van der Waals surface area contributed by atoms with Crippen LogP contribution in [0.3, 0.4) is 0 Å². The van der Waals surface area contributed by atoms with Crippen LogP contribution in [-0.4, -0.2) is 41.5 Å². The number of rotatable bonds is 3. The first-order valence-electron chi connectivity index (χ1n) is 7.90. The van der Waals surface area contributed by atoms with Crippen LogP contribution in [0.4, 0.5) is 0 Å². The second kappa shape index (κ2) is 6.36. The zero-order valence-corrected chi connectivity index (χ0v) is 12.6. The highest BCUT2D eigenvalue weighted by Gasteiger charge is 2.33. The van der Waals surface area contributed by atoms with Crippen LogP contribution < -0.4 is 0 Å². The number of carbonyl (C=O) groups is 1. The van der Waals surface area contributed by atoms with Gasteiger partial charge in [-0.25, -0.2) is 0 Å². The summed E-state index contributed by atoms with van der Waals surface area (Å²) in [5.41, 5.74) is 0. The molecule has 0 aromatic rings. The Morgan fingerprint density at radius 2 is 2.11 bits per heavy atom. The van der Waals surface area contributed by atoms with E-state index in [1.807, 2.05) is 0 Å². The molecular weight excluding hydrogens is 238 g/mol. The maximum Gasteiger partial charge on any atom is 0.137 e. The lowest BCUT2D eigenvalue weighted by Gasteiger charge is -2.38. The molecule has 4 atom stereocenters. The summed E-state index contributed by atoms with van der Waals surface area (Å²) in [5, 5.41) is 9.77. The van der Waals surface area contributed by atoms with Crippen molar-refractivity contribution in [3.8, 4) is 0 Å². The number of hydrogen-bond acceptors (Lipinski definition) is 3. The zero-order valence-electron chi connectivity index (χ0n) is 12.6. The molecule has 1 saturated heterocycles. The van der Waals surface area contributed by atoms with Crippen LogP contribution in [0.5, 0.6) is 0 Å². The molecule has 2 rings (SSSR count). The summed E-state index contributed by atoms with van der Waals surface area (Å²) in [6.45, 7) is 9.46. The van der Waals surface area contributed by atoms with Gasteiger partial charge in [0, 0.05) is 32.0 Å². The number of hydrogen-bond donors (Lipinski definition) is 1. The number of piperidine rings is 1. The van der Waals surface area contributed by atoms with Crippen molar-refractivity contribution < 1.29 is 9.90 Å². The van der Waals surface area contributed by atoms with Gasteiger partial charge in [-0.3, -0.25) is 4.79 Å². The second-order valence-corrected chi connectivity index (χ2v) is 7.03. The van der Waals surface area contributed by atoms with E-state index in [1.165, 1.54) is 0 Å². The highest BCUT2D eigenvalue weighted by molar-refractivity contribution is 5.82. The van der Waals surface area contributed by atoms with Gasteiger partial charge in [0.2, 0.25) is 0 Å². The predicted molar refractivity (Wildman–Crippen MR) is 76.9 cm³/mol. The molecule has 19 heavy (non-hydrogen) atoms. The average Bonchev–Trinajstić information content (AvgIpc) is 2.36. The van der Waals surface area contributed by atoms with Crippen molar-refractivity contribution in [2.24, 2.45) is 23.7 Å². The smallest absolute Gasteiger partial charge is 0.137 e. The minimum absolute atomic E-state index is 0.151. The predicted octanol–water partition coefficient (Wildman–Crippen LogP) is 2.33. The number of nitrogens with zero attached hydrogens (tertiary/aromatic N) is 1. The molecule has 1 heterocycles. The van der Waals surface area contributed by atoms with Crippen LogP contribution in [-0.2, 0) is 4.79 Å². The molecule has 1 N–H and O–H groups in total. The summed E-state index contributed by atoms with van der Waals surface area (Å²) in [5.74, 6) is 2.46. The van der Waals surface area contributed by atoms with Crippen LogP contribution in [0.2, 0.25) is 0 Å². The molecule has 1 aliphatic heterocycles. The second-order valence-electron chi connectivity index (χ2n) is 7.03. The minimum atomic E-state index is -0.151. The van der Waals surface area contributed by atoms with E-state index in [0.29, 0.717) is 17.6 Å². The molecule has 0 amide bonds. The van der Waals surface area contributed by atoms with Crippen molar-refractivity contribution in [1.82, 2.24) is 4.90 Å². The molecule has 1 aliphatic carbocycles. The summed E-state index contributed by atoms with van der Waals surface area (Å²) in [6.07, 6.45) is 3.64. The van der Waals surface area contributed by atoms with Crippen LogP contribution in [0.1, 0.15) is 46.5 Å². The maximum absolute atomic E-state index is 12.1. The Balaban J connectivity index is 1.88. The number of Topliss-reactive ketones (excluding diaryl/α,β-unsaturated/α-hetero) is 1. The van der Waals surface area contributed by atoms with Crippen molar-refractivity contribution in [3.05, 3.63) is 0 Å². The Hall–Kier alpha value is -0.410. The maximum atomic E-state index is 12.1. The molecule has 2 fully saturated rings. The van der Waals surface area contributed by atoms with Gasteiger partial charge in [-0.1, -0.05) is 20.8 Å². The third-order valence-corrected chi connectivity index (χ3v) is 5.17. The molecule has 1 saturated carbocycles. The number of aliphatic hydroxyl groups is 1. The fraction of sp³-hybridized carbons (Fsp3) is 0.938. The van der Waals surface area contributed by atoms with Gasteiger partial charge in [0.1, 0.15) is 5.78 Å². The third-order valence-electron chi connectivity index (χ3n) is 5.17. The molecule has 3 heteroatoms. The molecule has 0 aromatic carbocycles. The minimum Gasteiger partial charge on any atom is -0.393 e. The van der Waals surface area contributed by atoms with E-state index in [0.717, 1.165) is 51.2 Å². The summed E-state index contributed by atoms with van der Waals surface area (Å²) >= 11 is 0. The van der Waals surface area contributed by atoms with Gasteiger partial charge in [0.25, 0.3) is 0 Å². The standard InChI is InChI=1S/C16H29NO2/c1-11(2)13-4-5-16(19)14(8-13)10-17-7-6-15(18)12(3)9-17/h11-15,18H,4-10H2,1-3H3. The van der Waals surface area contributed by atoms with Gasteiger partial charge >= 0.3 is 0 Å². The largest absolute Gasteiger partial charge is 0.393 e. The SMILES string of the molecule is CC(C)C1CCC(=O)C(CN2CCC(O)C(C)C2)C1. The van der Waals surface area contributed by atoms with E-state index in [-0.39, 0.29) is 12.0 Å². The number of ketones is 1. The third kappa shape index (κ3) is 3.79. The lowest BCUT2D eigenvalue weighted by molar-refractivity contribution is -0.127. The number of aliphatic hydroxyl groups excluding tert-OH is 1. The molecule has 0 aromatic heterocycles. The highest BCUT2D eigenvalue weighted by atomic mass is 16.3. The number of carbonyl (C=O) groups excluding carboxylic acids is 1. The Morgan fingerprint density at radius 1 is 1.37 bits per heavy atom. The van der Waals surface area contributed by atoms with Gasteiger partial charge in [-0.05, 0) is 37.0 Å². The fourth-order valence-corrected chi connectivity index (χ4v) is 3.63. The topological polar surface area (TPSA) is 40.5 Å². The van der Waals surface area contributed by atoms with E-state index >= 15 is 0 Å². The Morgan fingerprint density at radius 3 is 2.74 bits per heavy atom. The Kier molecular flexibility index (Phi) is 5.02.